The molecule has 3 fully saturated rings. The van der Waals surface area contributed by atoms with Crippen molar-refractivity contribution in [2.45, 2.75) is 50.3 Å². The lowest BCUT2D eigenvalue weighted by Gasteiger charge is -2.61. The molecular formula is C18H22O8. The second kappa shape index (κ2) is 4.11. The molecule has 26 heavy (non-hydrogen) atoms. The van der Waals surface area contributed by atoms with Crippen molar-refractivity contribution >= 4 is 17.3 Å². The third-order valence-corrected chi connectivity index (χ3v) is 7.73. The first-order valence-electron chi connectivity index (χ1n) is 8.39. The topological polar surface area (TPSA) is 119 Å². The third-order valence-electron chi connectivity index (χ3n) is 7.73. The molecule has 1 aliphatic heterocycles. The first-order valence-corrected chi connectivity index (χ1v) is 8.39. The van der Waals surface area contributed by atoms with Gasteiger partial charge in [0.2, 0.25) is 0 Å². The molecule has 4 rings (SSSR count). The molecule has 4 bridgehead atoms. The second-order valence-electron chi connectivity index (χ2n) is 8.30. The van der Waals surface area contributed by atoms with E-state index in [4.69, 9.17) is 14.2 Å². The molecule has 0 spiro atoms. The van der Waals surface area contributed by atoms with Gasteiger partial charge in [-0.15, -0.1) is 0 Å². The van der Waals surface area contributed by atoms with E-state index in [0.29, 0.717) is 0 Å². The van der Waals surface area contributed by atoms with Crippen LogP contribution in [0.25, 0.3) is 0 Å². The van der Waals surface area contributed by atoms with Gasteiger partial charge in [0.1, 0.15) is 17.3 Å². The predicted octanol–water partition coefficient (Wildman–Crippen LogP) is -0.493. The highest BCUT2D eigenvalue weighted by Crippen LogP contribution is 2.81. The first-order chi connectivity index (χ1) is 11.8. The summed E-state index contributed by atoms with van der Waals surface area (Å²) in [6.07, 6.45) is 1.19. The van der Waals surface area contributed by atoms with E-state index in [2.05, 4.69) is 0 Å². The average Bonchev–Trinajstić information content (AvgIpc) is 2.88. The second-order valence-corrected chi connectivity index (χ2v) is 8.30. The van der Waals surface area contributed by atoms with E-state index in [-0.39, 0.29) is 5.76 Å². The largest absolute Gasteiger partial charge is 0.500 e. The number of ether oxygens (including phenoxy) is 3. The molecular weight excluding hydrogens is 344 g/mol. The van der Waals surface area contributed by atoms with Crippen molar-refractivity contribution in [1.29, 1.82) is 0 Å². The molecule has 1 saturated heterocycles. The summed E-state index contributed by atoms with van der Waals surface area (Å²) in [7, 11) is 2.58. The van der Waals surface area contributed by atoms with Gasteiger partial charge in [-0.2, -0.15) is 0 Å². The fourth-order valence-corrected chi connectivity index (χ4v) is 6.20. The lowest BCUT2D eigenvalue weighted by molar-refractivity contribution is -0.341. The Morgan fingerprint density at radius 3 is 2.12 bits per heavy atom. The van der Waals surface area contributed by atoms with Gasteiger partial charge < -0.3 is 24.4 Å². The van der Waals surface area contributed by atoms with Crippen LogP contribution in [0.5, 0.6) is 0 Å². The van der Waals surface area contributed by atoms with Gasteiger partial charge >= 0.3 is 0 Å². The minimum absolute atomic E-state index is 0.0519. The summed E-state index contributed by atoms with van der Waals surface area (Å²) in [6, 6.07) is 0. The van der Waals surface area contributed by atoms with Gasteiger partial charge in [0.05, 0.1) is 17.9 Å². The maximum Gasteiger partial charge on any atom is 0.195 e. The zero-order chi connectivity index (χ0) is 19.7. The SMILES string of the molecule is COC1=CC(=O)[C@@]2(C)O[C@]3(OC)[C@H]4C(=O)[C@](C)(O)C(=O)[C@]3(C)[C@]1(C)[C@]42O. The van der Waals surface area contributed by atoms with Crippen molar-refractivity contribution in [3.63, 3.8) is 0 Å². The predicted molar refractivity (Wildman–Crippen MR) is 84.6 cm³/mol. The molecule has 3 aliphatic carbocycles. The van der Waals surface area contributed by atoms with E-state index in [1.165, 1.54) is 34.1 Å². The average molecular weight is 366 g/mol. The quantitative estimate of drug-likeness (QED) is 0.628. The molecule has 0 radical (unpaired) electrons. The molecule has 0 amide bonds. The monoisotopic (exact) mass is 366 g/mol. The van der Waals surface area contributed by atoms with E-state index >= 15 is 0 Å². The Balaban J connectivity index is 2.23. The Bertz CT molecular complexity index is 829. The molecule has 0 aromatic rings. The highest BCUT2D eigenvalue weighted by Gasteiger charge is 2.99. The highest BCUT2D eigenvalue weighted by molar-refractivity contribution is 6.20. The maximum absolute atomic E-state index is 13.4. The Morgan fingerprint density at radius 1 is 1.04 bits per heavy atom. The molecule has 4 aliphatic rings. The van der Waals surface area contributed by atoms with Crippen LogP contribution >= 0.6 is 0 Å². The number of carbonyl (C=O) groups excluding carboxylic acids is 3. The lowest BCUT2D eigenvalue weighted by atomic mass is 9.50. The summed E-state index contributed by atoms with van der Waals surface area (Å²) in [5.74, 6) is -5.67. The maximum atomic E-state index is 13.4. The van der Waals surface area contributed by atoms with Gasteiger partial charge in [-0.3, -0.25) is 14.4 Å². The number of fused-ring (bicyclic) bond motifs is 1. The van der Waals surface area contributed by atoms with Crippen LogP contribution < -0.4 is 0 Å². The van der Waals surface area contributed by atoms with Crippen molar-refractivity contribution in [2.24, 2.45) is 16.7 Å². The zero-order valence-electron chi connectivity index (χ0n) is 15.5. The lowest BCUT2D eigenvalue weighted by Crippen LogP contribution is -2.76. The normalized spacial score (nSPS) is 57.5. The smallest absolute Gasteiger partial charge is 0.195 e. The van der Waals surface area contributed by atoms with Crippen molar-refractivity contribution in [1.82, 2.24) is 0 Å². The van der Waals surface area contributed by atoms with Crippen molar-refractivity contribution in [3.8, 4) is 0 Å². The van der Waals surface area contributed by atoms with Crippen molar-refractivity contribution in [2.75, 3.05) is 14.2 Å². The van der Waals surface area contributed by atoms with Crippen LogP contribution in [0.4, 0.5) is 0 Å². The number of ketones is 3. The number of methoxy groups -OCH3 is 2. The molecule has 2 saturated carbocycles. The number of Topliss-reactive ketones (excluding diaryl/α,β-unsaturated/α-hetero) is 2. The Labute approximate surface area is 150 Å². The molecule has 0 unspecified atom stereocenters. The minimum Gasteiger partial charge on any atom is -0.500 e. The molecule has 0 aromatic carbocycles. The number of hydrogen-bond acceptors (Lipinski definition) is 8. The molecule has 8 heteroatoms. The van der Waals surface area contributed by atoms with E-state index < -0.39 is 56.7 Å². The molecule has 0 aromatic heterocycles. The molecule has 142 valence electrons. The van der Waals surface area contributed by atoms with Crippen LogP contribution in [0.3, 0.4) is 0 Å². The minimum atomic E-state index is -2.35. The molecule has 1 heterocycles. The zero-order valence-corrected chi connectivity index (χ0v) is 15.5. The van der Waals surface area contributed by atoms with E-state index in [1.807, 2.05) is 0 Å². The summed E-state index contributed by atoms with van der Waals surface area (Å²) in [6.45, 7) is 5.51. The van der Waals surface area contributed by atoms with Crippen LogP contribution in [-0.2, 0) is 28.6 Å². The number of rotatable bonds is 2. The highest BCUT2D eigenvalue weighted by atomic mass is 16.7. The fourth-order valence-electron chi connectivity index (χ4n) is 6.20. The Kier molecular flexibility index (Phi) is 2.81. The molecule has 2 N–H and O–H groups in total. The number of hydrogen-bond donors (Lipinski definition) is 2. The van der Waals surface area contributed by atoms with E-state index in [1.54, 1.807) is 6.92 Å². The number of aliphatic hydroxyl groups is 2. The summed E-state index contributed by atoms with van der Waals surface area (Å²) < 4.78 is 17.0. The van der Waals surface area contributed by atoms with Gasteiger partial charge in [-0.05, 0) is 27.7 Å². The molecule has 8 nitrogen and oxygen atoms in total. The summed E-state index contributed by atoms with van der Waals surface area (Å²) in [4.78, 5) is 39.3. The summed E-state index contributed by atoms with van der Waals surface area (Å²) >= 11 is 0. The van der Waals surface area contributed by atoms with E-state index in [9.17, 15) is 24.6 Å². The fraction of sp³-hybridized carbons (Fsp3) is 0.722. The van der Waals surface area contributed by atoms with Gasteiger partial charge in [0.25, 0.3) is 0 Å². The van der Waals surface area contributed by atoms with Gasteiger partial charge in [0.15, 0.2) is 34.3 Å². The standard InChI is InChI=1S/C18H22O8/c1-13(22)11(20)10-17(23)14(2)9(24-5)7-8(19)16(17,4)26-18(10,25-6)15(14,3)12(13)21/h7,10,22-23H,1-6H3/t10-,13-,14+,15+,16+,17+,18+/m0/s1. The van der Waals surface area contributed by atoms with Crippen LogP contribution in [0.15, 0.2) is 11.8 Å². The summed E-state index contributed by atoms with van der Waals surface area (Å²) in [5, 5.41) is 22.7. The van der Waals surface area contributed by atoms with Crippen LogP contribution in [-0.4, -0.2) is 64.4 Å². The van der Waals surface area contributed by atoms with Crippen LogP contribution in [0.2, 0.25) is 0 Å². The summed E-state index contributed by atoms with van der Waals surface area (Å²) in [5.41, 5.74) is -9.55. The molecule has 7 atom stereocenters. The first kappa shape index (κ1) is 17.8. The van der Waals surface area contributed by atoms with Crippen molar-refractivity contribution in [3.05, 3.63) is 11.8 Å². The van der Waals surface area contributed by atoms with Gasteiger partial charge in [0, 0.05) is 13.2 Å². The van der Waals surface area contributed by atoms with Gasteiger partial charge in [-0.25, -0.2) is 0 Å². The van der Waals surface area contributed by atoms with Crippen LogP contribution in [0.1, 0.15) is 27.7 Å². The Morgan fingerprint density at radius 2 is 1.62 bits per heavy atom. The van der Waals surface area contributed by atoms with Crippen LogP contribution in [0, 0.1) is 16.7 Å². The Hall–Kier alpha value is -1.61. The third kappa shape index (κ3) is 1.13. The van der Waals surface area contributed by atoms with Crippen molar-refractivity contribution < 1.29 is 38.8 Å². The van der Waals surface area contributed by atoms with Gasteiger partial charge in [-0.1, -0.05) is 0 Å². The number of carbonyl (C=O) groups is 3. The van der Waals surface area contributed by atoms with E-state index in [0.717, 1.165) is 6.92 Å².